The smallest absolute Gasteiger partial charge is 0.407 e. The van der Waals surface area contributed by atoms with Crippen molar-refractivity contribution in [3.8, 4) is 11.1 Å². The van der Waals surface area contributed by atoms with Gasteiger partial charge in [0.2, 0.25) is 5.91 Å². The maximum atomic E-state index is 12.7. The van der Waals surface area contributed by atoms with Crippen LogP contribution in [0, 0.1) is 11.8 Å². The Morgan fingerprint density at radius 1 is 1.00 bits per heavy atom. The van der Waals surface area contributed by atoms with E-state index in [4.69, 9.17) is 4.74 Å². The predicted molar refractivity (Wildman–Crippen MR) is 133 cm³/mol. The molecule has 7 nitrogen and oxygen atoms in total. The molecule has 1 unspecified atom stereocenters. The van der Waals surface area contributed by atoms with Crippen LogP contribution in [0.2, 0.25) is 0 Å². The average molecular weight is 479 g/mol. The highest BCUT2D eigenvalue weighted by atomic mass is 16.5. The van der Waals surface area contributed by atoms with Gasteiger partial charge in [-0.15, -0.1) is 0 Å². The number of rotatable bonds is 8. The molecule has 0 radical (unpaired) electrons. The highest BCUT2D eigenvalue weighted by Crippen LogP contribution is 2.44. The first kappa shape index (κ1) is 24.8. The quantitative estimate of drug-likeness (QED) is 0.510. The molecule has 7 heteroatoms. The summed E-state index contributed by atoms with van der Waals surface area (Å²) >= 11 is 0. The van der Waals surface area contributed by atoms with Crippen molar-refractivity contribution < 1.29 is 24.2 Å². The molecule has 2 aliphatic rings. The fourth-order valence-corrected chi connectivity index (χ4v) is 5.28. The monoisotopic (exact) mass is 478 g/mol. The molecule has 186 valence electrons. The number of aliphatic carboxylic acids is 1. The third-order valence-corrected chi connectivity index (χ3v) is 7.25. The van der Waals surface area contributed by atoms with E-state index in [0.29, 0.717) is 12.8 Å². The van der Waals surface area contributed by atoms with Crippen LogP contribution in [0.3, 0.4) is 0 Å². The molecule has 2 aromatic rings. The minimum Gasteiger partial charge on any atom is -0.481 e. The van der Waals surface area contributed by atoms with Crippen molar-refractivity contribution in [3.63, 3.8) is 0 Å². The maximum absolute atomic E-state index is 12.7. The Hall–Kier alpha value is -3.35. The van der Waals surface area contributed by atoms with Crippen LogP contribution < -0.4 is 10.6 Å². The molecular weight excluding hydrogens is 444 g/mol. The summed E-state index contributed by atoms with van der Waals surface area (Å²) in [5.41, 5.74) is 4.63. The molecule has 0 aliphatic heterocycles. The highest BCUT2D eigenvalue weighted by Gasteiger charge is 2.31. The second-order valence-electron chi connectivity index (χ2n) is 9.99. The first-order chi connectivity index (χ1) is 16.8. The van der Waals surface area contributed by atoms with Crippen molar-refractivity contribution in [3.05, 3.63) is 59.7 Å². The van der Waals surface area contributed by atoms with Crippen LogP contribution in [0.15, 0.2) is 48.5 Å². The van der Waals surface area contributed by atoms with Crippen LogP contribution >= 0.6 is 0 Å². The molecule has 2 aromatic carbocycles. The lowest BCUT2D eigenvalue weighted by Crippen LogP contribution is -2.45. The van der Waals surface area contributed by atoms with Crippen molar-refractivity contribution in [1.29, 1.82) is 0 Å². The minimum atomic E-state index is -0.805. The molecule has 3 atom stereocenters. The van der Waals surface area contributed by atoms with Gasteiger partial charge >= 0.3 is 12.1 Å². The van der Waals surface area contributed by atoms with E-state index >= 15 is 0 Å². The Labute approximate surface area is 206 Å². The highest BCUT2D eigenvalue weighted by molar-refractivity contribution is 5.80. The zero-order chi connectivity index (χ0) is 24.9. The van der Waals surface area contributed by atoms with Gasteiger partial charge in [-0.1, -0.05) is 68.8 Å². The van der Waals surface area contributed by atoms with E-state index in [9.17, 15) is 19.5 Å². The van der Waals surface area contributed by atoms with Gasteiger partial charge in [-0.05, 0) is 47.4 Å². The Kier molecular flexibility index (Phi) is 7.73. The molecule has 4 rings (SSSR count). The number of ether oxygens (including phenoxy) is 1. The van der Waals surface area contributed by atoms with Crippen molar-refractivity contribution in [2.75, 3.05) is 6.61 Å². The van der Waals surface area contributed by atoms with Crippen LogP contribution in [0.5, 0.6) is 0 Å². The lowest BCUT2D eigenvalue weighted by molar-refractivity contribution is -0.143. The van der Waals surface area contributed by atoms with Gasteiger partial charge < -0.3 is 20.5 Å². The fourth-order valence-electron chi connectivity index (χ4n) is 5.28. The number of carbonyl (C=O) groups excluding carboxylic acids is 2. The molecule has 0 heterocycles. The number of nitrogens with one attached hydrogen (secondary N) is 2. The second-order valence-corrected chi connectivity index (χ2v) is 9.99. The van der Waals surface area contributed by atoms with Crippen molar-refractivity contribution in [2.45, 2.75) is 64.0 Å². The molecule has 2 amide bonds. The Balaban J connectivity index is 1.32. The molecule has 2 aliphatic carbocycles. The number of carboxylic acids is 1. The fraction of sp³-hybridized carbons (Fsp3) is 0.464. The summed E-state index contributed by atoms with van der Waals surface area (Å²) in [5.74, 6) is -1.39. The molecule has 0 saturated heterocycles. The lowest BCUT2D eigenvalue weighted by Gasteiger charge is -2.28. The van der Waals surface area contributed by atoms with Gasteiger partial charge in [-0.25, -0.2) is 4.79 Å². The minimum absolute atomic E-state index is 0.0255. The first-order valence-electron chi connectivity index (χ1n) is 12.5. The lowest BCUT2D eigenvalue weighted by atomic mass is 9.85. The van der Waals surface area contributed by atoms with E-state index in [1.54, 1.807) is 0 Å². The van der Waals surface area contributed by atoms with Gasteiger partial charge in [-0.3, -0.25) is 9.59 Å². The summed E-state index contributed by atoms with van der Waals surface area (Å²) in [4.78, 5) is 36.7. The Bertz CT molecular complexity index is 1040. The van der Waals surface area contributed by atoms with E-state index in [-0.39, 0.29) is 42.9 Å². The number of hydrogen-bond donors (Lipinski definition) is 3. The van der Waals surface area contributed by atoms with Crippen LogP contribution in [0.1, 0.15) is 63.0 Å². The van der Waals surface area contributed by atoms with Crippen LogP contribution in [0.25, 0.3) is 11.1 Å². The molecule has 35 heavy (non-hydrogen) atoms. The van der Waals surface area contributed by atoms with Gasteiger partial charge in [0.15, 0.2) is 0 Å². The Morgan fingerprint density at radius 2 is 1.63 bits per heavy atom. The first-order valence-corrected chi connectivity index (χ1v) is 12.5. The molecule has 0 spiro atoms. The number of alkyl carbamates (subject to hydrolysis) is 1. The van der Waals surface area contributed by atoms with Crippen molar-refractivity contribution >= 4 is 18.0 Å². The predicted octanol–water partition coefficient (Wildman–Crippen LogP) is 4.70. The van der Waals surface area contributed by atoms with Crippen LogP contribution in [-0.2, 0) is 14.3 Å². The van der Waals surface area contributed by atoms with E-state index in [1.165, 1.54) is 11.1 Å². The van der Waals surface area contributed by atoms with Gasteiger partial charge in [0, 0.05) is 24.4 Å². The molecule has 3 N–H and O–H groups in total. The summed E-state index contributed by atoms with van der Waals surface area (Å²) in [5, 5.41) is 15.1. The van der Waals surface area contributed by atoms with E-state index in [2.05, 4.69) is 34.9 Å². The standard InChI is InChI=1S/C28H34N2O5/c1-17(2)25(15-26(31)29-19-9-7-8-18(14-19)27(32)33)30-28(34)35-16-24-22-12-5-3-10-20(22)21-11-4-6-13-23(21)24/h3-6,10-13,17-19,24-25H,7-9,14-16H2,1-2H3,(H,29,31)(H,30,34)(H,32,33)/t18-,19-,25?/m1/s1. The summed E-state index contributed by atoms with van der Waals surface area (Å²) < 4.78 is 5.65. The van der Waals surface area contributed by atoms with Crippen molar-refractivity contribution in [2.24, 2.45) is 11.8 Å². The van der Waals surface area contributed by atoms with Gasteiger partial charge in [0.25, 0.3) is 0 Å². The SMILES string of the molecule is CC(C)C(CC(=O)N[C@@H]1CCC[C@@H](C(=O)O)C1)NC(=O)OCC1c2ccccc2-c2ccccc21. The number of amides is 2. The van der Waals surface area contributed by atoms with Crippen molar-refractivity contribution in [1.82, 2.24) is 10.6 Å². The van der Waals surface area contributed by atoms with E-state index in [0.717, 1.165) is 24.0 Å². The third-order valence-electron chi connectivity index (χ3n) is 7.25. The summed E-state index contributed by atoms with van der Waals surface area (Å²) in [6, 6.07) is 15.8. The van der Waals surface area contributed by atoms with Crippen LogP contribution in [0.4, 0.5) is 4.79 Å². The van der Waals surface area contributed by atoms with E-state index < -0.39 is 18.0 Å². The maximum Gasteiger partial charge on any atom is 0.407 e. The number of fused-ring (bicyclic) bond motifs is 3. The van der Waals surface area contributed by atoms with Gasteiger partial charge in [0.1, 0.15) is 6.61 Å². The average Bonchev–Trinajstić information content (AvgIpc) is 3.16. The molecule has 1 fully saturated rings. The zero-order valence-corrected chi connectivity index (χ0v) is 20.3. The normalized spacial score (nSPS) is 20.0. The topological polar surface area (TPSA) is 105 Å². The third kappa shape index (κ3) is 5.84. The zero-order valence-electron chi connectivity index (χ0n) is 20.3. The molecular formula is C28H34N2O5. The number of benzene rings is 2. The Morgan fingerprint density at radius 3 is 2.23 bits per heavy atom. The van der Waals surface area contributed by atoms with Gasteiger partial charge in [0.05, 0.1) is 5.92 Å². The van der Waals surface area contributed by atoms with E-state index in [1.807, 2.05) is 38.1 Å². The summed E-state index contributed by atoms with van der Waals surface area (Å²) in [6.45, 7) is 4.11. The number of hydrogen-bond acceptors (Lipinski definition) is 4. The van der Waals surface area contributed by atoms with Gasteiger partial charge in [-0.2, -0.15) is 0 Å². The molecule has 0 aromatic heterocycles. The summed E-state index contributed by atoms with van der Waals surface area (Å²) in [7, 11) is 0. The largest absolute Gasteiger partial charge is 0.481 e. The molecule has 0 bridgehead atoms. The summed E-state index contributed by atoms with van der Waals surface area (Å²) in [6.07, 6.45) is 2.25. The number of carboxylic acid groups (broad SMARTS) is 1. The molecule has 1 saturated carbocycles. The second kappa shape index (κ2) is 10.9. The number of carbonyl (C=O) groups is 3. The van der Waals surface area contributed by atoms with Crippen LogP contribution in [-0.4, -0.2) is 41.8 Å².